The molecule has 0 atom stereocenters. The Labute approximate surface area is 169 Å². The summed E-state index contributed by atoms with van der Waals surface area (Å²) in [5, 5.41) is 0. The maximum absolute atomic E-state index is 12.0. The van der Waals surface area contributed by atoms with E-state index in [1.807, 2.05) is 0 Å². The minimum atomic E-state index is -0.490. The van der Waals surface area contributed by atoms with Gasteiger partial charge in [0.1, 0.15) is 11.5 Å². The Bertz CT molecular complexity index is 799. The van der Waals surface area contributed by atoms with Gasteiger partial charge in [-0.2, -0.15) is 0 Å². The van der Waals surface area contributed by atoms with Gasteiger partial charge in [-0.3, -0.25) is 20.4 Å². The van der Waals surface area contributed by atoms with E-state index in [9.17, 15) is 9.59 Å². The number of rotatable bonds is 5. The van der Waals surface area contributed by atoms with Gasteiger partial charge < -0.3 is 9.47 Å². The Morgan fingerprint density at radius 1 is 0.960 bits per heavy atom. The molecule has 132 valence electrons. The second-order valence-electron chi connectivity index (χ2n) is 4.72. The number of hydrazine groups is 1. The highest BCUT2D eigenvalue weighted by molar-refractivity contribution is 9.11. The average Bonchev–Trinajstić information content (AvgIpc) is 2.58. The molecule has 0 heterocycles. The van der Waals surface area contributed by atoms with Crippen LogP contribution < -0.4 is 20.3 Å². The van der Waals surface area contributed by atoms with E-state index in [-0.39, 0.29) is 6.61 Å². The third kappa shape index (κ3) is 5.72. The number of nitrogens with one attached hydrogen (secondary N) is 2. The third-order valence-electron chi connectivity index (χ3n) is 2.98. The van der Waals surface area contributed by atoms with Crippen LogP contribution in [0.1, 0.15) is 10.4 Å². The standard InChI is InChI=1S/C16H13Br3N2O4/c1-24-13-4-2-9(6-11(13)18)16(23)21-20-15(22)8-25-14-5-3-10(17)7-12(14)19/h2-7H,8H2,1H3,(H,20,22)(H,21,23). The fourth-order valence-corrected chi connectivity index (χ4v) is 3.48. The maximum Gasteiger partial charge on any atom is 0.276 e. The molecule has 2 amide bonds. The molecular formula is C16H13Br3N2O4. The van der Waals surface area contributed by atoms with E-state index in [1.54, 1.807) is 36.4 Å². The van der Waals surface area contributed by atoms with E-state index in [0.29, 0.717) is 26.0 Å². The summed E-state index contributed by atoms with van der Waals surface area (Å²) >= 11 is 9.97. The summed E-state index contributed by atoms with van der Waals surface area (Å²) in [6, 6.07) is 10.1. The SMILES string of the molecule is COc1ccc(C(=O)NNC(=O)COc2ccc(Br)cc2Br)cc1Br. The summed E-state index contributed by atoms with van der Waals surface area (Å²) in [6.45, 7) is -0.243. The van der Waals surface area contributed by atoms with Crippen molar-refractivity contribution in [2.45, 2.75) is 0 Å². The van der Waals surface area contributed by atoms with Gasteiger partial charge in [-0.15, -0.1) is 0 Å². The van der Waals surface area contributed by atoms with Crippen LogP contribution in [0.25, 0.3) is 0 Å². The summed E-state index contributed by atoms with van der Waals surface area (Å²) in [5.74, 6) is 0.176. The van der Waals surface area contributed by atoms with Gasteiger partial charge in [-0.1, -0.05) is 15.9 Å². The second kappa shape index (κ2) is 9.21. The van der Waals surface area contributed by atoms with Gasteiger partial charge in [0, 0.05) is 10.0 Å². The summed E-state index contributed by atoms with van der Waals surface area (Å²) < 4.78 is 12.7. The number of carbonyl (C=O) groups excluding carboxylic acids is 2. The van der Waals surface area contributed by atoms with Gasteiger partial charge in [0.05, 0.1) is 16.1 Å². The van der Waals surface area contributed by atoms with Crippen molar-refractivity contribution >= 4 is 59.6 Å². The van der Waals surface area contributed by atoms with Crippen LogP contribution in [0.4, 0.5) is 0 Å². The van der Waals surface area contributed by atoms with Gasteiger partial charge in [0.25, 0.3) is 11.8 Å². The Kier molecular flexibility index (Phi) is 7.27. The van der Waals surface area contributed by atoms with Gasteiger partial charge >= 0.3 is 0 Å². The average molecular weight is 537 g/mol. The molecule has 2 aromatic rings. The van der Waals surface area contributed by atoms with Crippen LogP contribution in [0, 0.1) is 0 Å². The Morgan fingerprint density at radius 2 is 1.64 bits per heavy atom. The van der Waals surface area contributed by atoms with E-state index < -0.39 is 11.8 Å². The highest BCUT2D eigenvalue weighted by Gasteiger charge is 2.11. The molecule has 2 N–H and O–H groups in total. The van der Waals surface area contributed by atoms with Crippen LogP contribution in [0.2, 0.25) is 0 Å². The lowest BCUT2D eigenvalue weighted by atomic mass is 10.2. The molecule has 6 nitrogen and oxygen atoms in total. The highest BCUT2D eigenvalue weighted by atomic mass is 79.9. The monoisotopic (exact) mass is 534 g/mol. The number of carbonyl (C=O) groups is 2. The lowest BCUT2D eigenvalue weighted by Gasteiger charge is -2.10. The molecule has 0 radical (unpaired) electrons. The Balaban J connectivity index is 1.85. The molecule has 0 bridgehead atoms. The zero-order valence-electron chi connectivity index (χ0n) is 12.9. The fraction of sp³-hybridized carbons (Fsp3) is 0.125. The minimum Gasteiger partial charge on any atom is -0.496 e. The zero-order chi connectivity index (χ0) is 18.4. The maximum atomic E-state index is 12.0. The van der Waals surface area contributed by atoms with Crippen molar-refractivity contribution < 1.29 is 19.1 Å². The first-order valence-corrected chi connectivity index (χ1v) is 9.29. The molecule has 0 fully saturated rings. The van der Waals surface area contributed by atoms with Crippen molar-refractivity contribution in [2.75, 3.05) is 13.7 Å². The first-order valence-electron chi connectivity index (χ1n) is 6.91. The van der Waals surface area contributed by atoms with Crippen molar-refractivity contribution in [3.63, 3.8) is 0 Å². The number of hydrogen-bond donors (Lipinski definition) is 2. The zero-order valence-corrected chi connectivity index (χ0v) is 17.7. The van der Waals surface area contributed by atoms with Crippen LogP contribution in [0.5, 0.6) is 11.5 Å². The molecule has 0 unspecified atom stereocenters. The van der Waals surface area contributed by atoms with E-state index in [2.05, 4.69) is 58.6 Å². The van der Waals surface area contributed by atoms with E-state index in [0.717, 1.165) is 4.47 Å². The smallest absolute Gasteiger partial charge is 0.276 e. The first-order chi connectivity index (χ1) is 11.9. The van der Waals surface area contributed by atoms with Gasteiger partial charge in [-0.05, 0) is 68.3 Å². The number of halogens is 3. The molecule has 0 aliphatic rings. The number of hydrogen-bond acceptors (Lipinski definition) is 4. The van der Waals surface area contributed by atoms with Gasteiger partial charge in [-0.25, -0.2) is 0 Å². The lowest BCUT2D eigenvalue weighted by Crippen LogP contribution is -2.43. The lowest BCUT2D eigenvalue weighted by molar-refractivity contribution is -0.123. The molecular weight excluding hydrogens is 524 g/mol. The predicted octanol–water partition coefficient (Wildman–Crippen LogP) is 3.82. The molecule has 2 aromatic carbocycles. The van der Waals surface area contributed by atoms with Crippen molar-refractivity contribution in [2.24, 2.45) is 0 Å². The molecule has 25 heavy (non-hydrogen) atoms. The molecule has 0 saturated carbocycles. The molecule has 0 aromatic heterocycles. The molecule has 0 aliphatic carbocycles. The third-order valence-corrected chi connectivity index (χ3v) is 4.71. The van der Waals surface area contributed by atoms with Crippen molar-refractivity contribution in [1.29, 1.82) is 0 Å². The molecule has 0 saturated heterocycles. The largest absolute Gasteiger partial charge is 0.496 e. The van der Waals surface area contributed by atoms with E-state index >= 15 is 0 Å². The van der Waals surface area contributed by atoms with E-state index in [1.165, 1.54) is 7.11 Å². The van der Waals surface area contributed by atoms with E-state index in [4.69, 9.17) is 9.47 Å². The molecule has 2 rings (SSSR count). The van der Waals surface area contributed by atoms with Gasteiger partial charge in [0.2, 0.25) is 0 Å². The van der Waals surface area contributed by atoms with Gasteiger partial charge in [0.15, 0.2) is 6.61 Å². The summed E-state index contributed by atoms with van der Waals surface area (Å²) in [5.41, 5.74) is 4.98. The first kappa shape index (κ1) is 19.7. The Hall–Kier alpha value is -1.58. The number of amides is 2. The van der Waals surface area contributed by atoms with Crippen molar-refractivity contribution in [3.8, 4) is 11.5 Å². The fourth-order valence-electron chi connectivity index (χ4n) is 1.78. The van der Waals surface area contributed by atoms with Crippen LogP contribution in [0.3, 0.4) is 0 Å². The number of benzene rings is 2. The highest BCUT2D eigenvalue weighted by Crippen LogP contribution is 2.28. The molecule has 0 spiro atoms. The second-order valence-corrected chi connectivity index (χ2v) is 7.34. The van der Waals surface area contributed by atoms with Crippen molar-refractivity contribution in [3.05, 3.63) is 55.4 Å². The van der Waals surface area contributed by atoms with Crippen LogP contribution in [-0.2, 0) is 4.79 Å². The normalized spacial score (nSPS) is 10.1. The Morgan fingerprint density at radius 3 is 2.28 bits per heavy atom. The van der Waals surface area contributed by atoms with Crippen LogP contribution in [0.15, 0.2) is 49.8 Å². The summed E-state index contributed by atoms with van der Waals surface area (Å²) in [7, 11) is 1.53. The predicted molar refractivity (Wildman–Crippen MR) is 104 cm³/mol. The quantitative estimate of drug-likeness (QED) is 0.570. The van der Waals surface area contributed by atoms with Crippen molar-refractivity contribution in [1.82, 2.24) is 10.9 Å². The van der Waals surface area contributed by atoms with Crippen LogP contribution in [-0.4, -0.2) is 25.5 Å². The summed E-state index contributed by atoms with van der Waals surface area (Å²) in [6.07, 6.45) is 0. The topological polar surface area (TPSA) is 76.7 Å². The summed E-state index contributed by atoms with van der Waals surface area (Å²) in [4.78, 5) is 23.8. The number of ether oxygens (including phenoxy) is 2. The number of methoxy groups -OCH3 is 1. The van der Waals surface area contributed by atoms with Crippen LogP contribution >= 0.6 is 47.8 Å². The molecule has 0 aliphatic heterocycles. The minimum absolute atomic E-state index is 0.243. The molecule has 9 heteroatoms.